The highest BCUT2D eigenvalue weighted by molar-refractivity contribution is 5.78. The SMILES string of the molecule is Cc1cccc2[nH]c(C(C)n3cncn3)nc12. The van der Waals surface area contributed by atoms with E-state index in [1.54, 1.807) is 11.0 Å². The second-order valence-electron chi connectivity index (χ2n) is 4.14. The fourth-order valence-electron chi connectivity index (χ4n) is 1.94. The summed E-state index contributed by atoms with van der Waals surface area (Å²) in [5.41, 5.74) is 3.26. The van der Waals surface area contributed by atoms with E-state index >= 15 is 0 Å². The smallest absolute Gasteiger partial charge is 0.137 e. The first kappa shape index (κ1) is 10.0. The Morgan fingerprint density at radius 1 is 1.35 bits per heavy atom. The number of aryl methyl sites for hydroxylation is 1. The third-order valence-corrected chi connectivity index (χ3v) is 2.96. The molecular formula is C12H13N5. The number of aromatic amines is 1. The van der Waals surface area contributed by atoms with Gasteiger partial charge in [0.25, 0.3) is 0 Å². The van der Waals surface area contributed by atoms with E-state index in [1.165, 1.54) is 11.9 Å². The normalized spacial score (nSPS) is 13.1. The van der Waals surface area contributed by atoms with E-state index < -0.39 is 0 Å². The van der Waals surface area contributed by atoms with Crippen molar-refractivity contribution in [2.45, 2.75) is 19.9 Å². The zero-order chi connectivity index (χ0) is 11.8. The minimum atomic E-state index is 0.0595. The van der Waals surface area contributed by atoms with Gasteiger partial charge < -0.3 is 4.98 Å². The molecule has 0 radical (unpaired) electrons. The lowest BCUT2D eigenvalue weighted by molar-refractivity contribution is 0.540. The zero-order valence-electron chi connectivity index (χ0n) is 9.75. The summed E-state index contributed by atoms with van der Waals surface area (Å²) in [6.07, 6.45) is 3.23. The van der Waals surface area contributed by atoms with Crippen LogP contribution in [0.1, 0.15) is 24.4 Å². The number of hydrogen-bond acceptors (Lipinski definition) is 3. The number of H-pyrrole nitrogens is 1. The van der Waals surface area contributed by atoms with E-state index in [2.05, 4.69) is 33.0 Å². The van der Waals surface area contributed by atoms with Crippen LogP contribution in [0.2, 0.25) is 0 Å². The van der Waals surface area contributed by atoms with Crippen molar-refractivity contribution in [2.24, 2.45) is 0 Å². The van der Waals surface area contributed by atoms with Crippen LogP contribution in [0, 0.1) is 6.92 Å². The Balaban J connectivity index is 2.10. The molecule has 2 heterocycles. The lowest BCUT2D eigenvalue weighted by Gasteiger charge is -2.07. The molecule has 0 spiro atoms. The molecule has 0 saturated heterocycles. The second-order valence-corrected chi connectivity index (χ2v) is 4.14. The third-order valence-electron chi connectivity index (χ3n) is 2.96. The predicted molar refractivity (Wildman–Crippen MR) is 64.7 cm³/mol. The molecule has 0 aliphatic heterocycles. The number of benzene rings is 1. The Hall–Kier alpha value is -2.17. The molecule has 1 atom stereocenters. The highest BCUT2D eigenvalue weighted by Crippen LogP contribution is 2.20. The quantitative estimate of drug-likeness (QED) is 0.729. The first-order chi connectivity index (χ1) is 8.25. The van der Waals surface area contributed by atoms with Gasteiger partial charge in [0.2, 0.25) is 0 Å². The molecule has 3 aromatic rings. The van der Waals surface area contributed by atoms with Gasteiger partial charge in [-0.2, -0.15) is 5.10 Å². The molecule has 2 aromatic heterocycles. The standard InChI is InChI=1S/C12H13N5/c1-8-4-3-5-10-11(8)16-12(15-10)9(2)17-7-13-6-14-17/h3-7,9H,1-2H3,(H,15,16). The van der Waals surface area contributed by atoms with Crippen molar-refractivity contribution in [1.29, 1.82) is 0 Å². The maximum Gasteiger partial charge on any atom is 0.137 e. The lowest BCUT2D eigenvalue weighted by Crippen LogP contribution is -2.08. The lowest BCUT2D eigenvalue weighted by atomic mass is 10.2. The number of nitrogens with one attached hydrogen (secondary N) is 1. The van der Waals surface area contributed by atoms with Crippen LogP contribution >= 0.6 is 0 Å². The molecule has 0 fully saturated rings. The van der Waals surface area contributed by atoms with E-state index in [9.17, 15) is 0 Å². The van der Waals surface area contributed by atoms with Gasteiger partial charge in [0.05, 0.1) is 11.0 Å². The minimum Gasteiger partial charge on any atom is -0.340 e. The van der Waals surface area contributed by atoms with Gasteiger partial charge in [0, 0.05) is 0 Å². The predicted octanol–water partition coefficient (Wildman–Crippen LogP) is 2.07. The average Bonchev–Trinajstić information content (AvgIpc) is 2.98. The van der Waals surface area contributed by atoms with Gasteiger partial charge in [-0.1, -0.05) is 12.1 Å². The topological polar surface area (TPSA) is 59.4 Å². The van der Waals surface area contributed by atoms with Gasteiger partial charge in [-0.25, -0.2) is 14.6 Å². The van der Waals surface area contributed by atoms with Crippen molar-refractivity contribution in [1.82, 2.24) is 24.7 Å². The number of fused-ring (bicyclic) bond motifs is 1. The summed E-state index contributed by atoms with van der Waals surface area (Å²) in [5, 5.41) is 4.13. The first-order valence-electron chi connectivity index (χ1n) is 5.55. The molecule has 1 N–H and O–H groups in total. The Labute approximate surface area is 98.5 Å². The maximum atomic E-state index is 4.62. The van der Waals surface area contributed by atoms with Crippen LogP contribution in [0.4, 0.5) is 0 Å². The highest BCUT2D eigenvalue weighted by Gasteiger charge is 2.13. The number of para-hydroxylation sites is 1. The molecule has 5 heteroatoms. The number of imidazole rings is 1. The molecular weight excluding hydrogens is 214 g/mol. The van der Waals surface area contributed by atoms with Crippen molar-refractivity contribution in [2.75, 3.05) is 0 Å². The summed E-state index contributed by atoms with van der Waals surface area (Å²) < 4.78 is 1.78. The van der Waals surface area contributed by atoms with E-state index in [0.29, 0.717) is 0 Å². The summed E-state index contributed by atoms with van der Waals surface area (Å²) >= 11 is 0. The fraction of sp³-hybridized carbons (Fsp3) is 0.250. The van der Waals surface area contributed by atoms with Crippen LogP contribution in [0.5, 0.6) is 0 Å². The van der Waals surface area contributed by atoms with Gasteiger partial charge in [-0.15, -0.1) is 0 Å². The van der Waals surface area contributed by atoms with Crippen molar-refractivity contribution < 1.29 is 0 Å². The van der Waals surface area contributed by atoms with Crippen molar-refractivity contribution in [3.8, 4) is 0 Å². The summed E-state index contributed by atoms with van der Waals surface area (Å²) in [4.78, 5) is 11.9. The molecule has 0 aliphatic rings. The van der Waals surface area contributed by atoms with Crippen LogP contribution < -0.4 is 0 Å². The number of nitrogens with zero attached hydrogens (tertiary/aromatic N) is 4. The first-order valence-corrected chi connectivity index (χ1v) is 5.55. The van der Waals surface area contributed by atoms with Crippen LogP contribution in [-0.4, -0.2) is 24.7 Å². The monoisotopic (exact) mass is 227 g/mol. The van der Waals surface area contributed by atoms with Gasteiger partial charge >= 0.3 is 0 Å². The second kappa shape index (κ2) is 3.69. The van der Waals surface area contributed by atoms with Crippen LogP contribution in [0.25, 0.3) is 11.0 Å². The van der Waals surface area contributed by atoms with Gasteiger partial charge in [-0.05, 0) is 25.5 Å². The largest absolute Gasteiger partial charge is 0.340 e. The van der Waals surface area contributed by atoms with Crippen molar-refractivity contribution in [3.63, 3.8) is 0 Å². The van der Waals surface area contributed by atoms with E-state index in [-0.39, 0.29) is 6.04 Å². The molecule has 3 rings (SSSR count). The summed E-state index contributed by atoms with van der Waals surface area (Å²) in [7, 11) is 0. The highest BCUT2D eigenvalue weighted by atomic mass is 15.3. The van der Waals surface area contributed by atoms with Crippen LogP contribution in [0.3, 0.4) is 0 Å². The van der Waals surface area contributed by atoms with Crippen LogP contribution in [-0.2, 0) is 0 Å². The summed E-state index contributed by atoms with van der Waals surface area (Å²) in [6.45, 7) is 4.11. The number of aromatic nitrogens is 5. The molecule has 1 unspecified atom stereocenters. The van der Waals surface area contributed by atoms with E-state index in [4.69, 9.17) is 0 Å². The molecule has 0 bridgehead atoms. The number of rotatable bonds is 2. The Bertz CT molecular complexity index is 638. The molecule has 0 saturated carbocycles. The molecule has 0 aliphatic carbocycles. The molecule has 17 heavy (non-hydrogen) atoms. The third kappa shape index (κ3) is 1.60. The van der Waals surface area contributed by atoms with Crippen molar-refractivity contribution in [3.05, 3.63) is 42.2 Å². The zero-order valence-corrected chi connectivity index (χ0v) is 9.75. The van der Waals surface area contributed by atoms with E-state index in [0.717, 1.165) is 16.9 Å². The Morgan fingerprint density at radius 2 is 2.24 bits per heavy atom. The minimum absolute atomic E-state index is 0.0595. The molecule has 1 aromatic carbocycles. The molecule has 0 amide bonds. The van der Waals surface area contributed by atoms with Gasteiger partial charge in [-0.3, -0.25) is 0 Å². The Kier molecular flexibility index (Phi) is 2.18. The van der Waals surface area contributed by atoms with E-state index in [1.807, 2.05) is 19.1 Å². The average molecular weight is 227 g/mol. The maximum absolute atomic E-state index is 4.62. The van der Waals surface area contributed by atoms with Crippen molar-refractivity contribution >= 4 is 11.0 Å². The summed E-state index contributed by atoms with van der Waals surface area (Å²) in [6, 6.07) is 6.18. The van der Waals surface area contributed by atoms with Crippen LogP contribution in [0.15, 0.2) is 30.9 Å². The van der Waals surface area contributed by atoms with Gasteiger partial charge in [0.15, 0.2) is 0 Å². The van der Waals surface area contributed by atoms with Gasteiger partial charge in [0.1, 0.15) is 24.5 Å². The molecule has 5 nitrogen and oxygen atoms in total. The number of hydrogen-bond donors (Lipinski definition) is 1. The summed E-state index contributed by atoms with van der Waals surface area (Å²) in [5.74, 6) is 0.903. The Morgan fingerprint density at radius 3 is 2.94 bits per heavy atom. The fourth-order valence-corrected chi connectivity index (χ4v) is 1.94. The molecule has 86 valence electrons.